The summed E-state index contributed by atoms with van der Waals surface area (Å²) in [7, 11) is 0. The van der Waals surface area contributed by atoms with E-state index in [1.807, 2.05) is 13.8 Å². The summed E-state index contributed by atoms with van der Waals surface area (Å²) >= 11 is 0. The minimum Gasteiger partial charge on any atom is -0.350 e. The maximum absolute atomic E-state index is 13.0. The molecule has 0 amide bonds. The second kappa shape index (κ2) is 6.10. The summed E-state index contributed by atoms with van der Waals surface area (Å²) in [5.41, 5.74) is 3.21. The van der Waals surface area contributed by atoms with Gasteiger partial charge < -0.3 is 9.80 Å². The predicted molar refractivity (Wildman–Crippen MR) is 89.5 cm³/mol. The molecule has 1 unspecified atom stereocenters. The van der Waals surface area contributed by atoms with Gasteiger partial charge in [-0.2, -0.15) is 0 Å². The summed E-state index contributed by atoms with van der Waals surface area (Å²) in [5, 5.41) is 0. The summed E-state index contributed by atoms with van der Waals surface area (Å²) in [6.45, 7) is 10.7. The van der Waals surface area contributed by atoms with Crippen LogP contribution in [0.4, 0.5) is 16.2 Å². The van der Waals surface area contributed by atoms with Crippen LogP contribution in [0.1, 0.15) is 23.9 Å². The monoisotopic (exact) mass is 315 g/mol. The van der Waals surface area contributed by atoms with Crippen molar-refractivity contribution in [2.45, 2.75) is 33.7 Å². The molecule has 0 radical (unpaired) electrons. The number of hydrogen-bond acceptors (Lipinski definition) is 5. The van der Waals surface area contributed by atoms with Gasteiger partial charge in [0.2, 0.25) is 5.95 Å². The molecule has 5 nitrogen and oxygen atoms in total. The van der Waals surface area contributed by atoms with Crippen molar-refractivity contribution in [1.29, 1.82) is 0 Å². The smallest absolute Gasteiger partial charge is 0.225 e. The third-order valence-electron chi connectivity index (χ3n) is 4.54. The number of rotatable bonds is 2. The van der Waals surface area contributed by atoms with Crippen molar-refractivity contribution in [2.75, 3.05) is 29.4 Å². The Kier molecular flexibility index (Phi) is 4.15. The van der Waals surface area contributed by atoms with Gasteiger partial charge in [-0.3, -0.25) is 0 Å². The first-order valence-electron chi connectivity index (χ1n) is 7.90. The van der Waals surface area contributed by atoms with Crippen LogP contribution >= 0.6 is 0 Å². The quantitative estimate of drug-likeness (QED) is 0.852. The predicted octanol–water partition coefficient (Wildman–Crippen LogP) is 2.65. The zero-order chi connectivity index (χ0) is 16.6. The average molecular weight is 315 g/mol. The molecule has 0 bridgehead atoms. The number of piperazine rings is 1. The Labute approximate surface area is 136 Å². The van der Waals surface area contributed by atoms with E-state index in [0.717, 1.165) is 48.4 Å². The highest BCUT2D eigenvalue weighted by molar-refractivity contribution is 5.44. The highest BCUT2D eigenvalue weighted by atomic mass is 19.1. The molecular formula is C17H22FN5. The fraction of sp³-hybridized carbons (Fsp3) is 0.471. The Morgan fingerprint density at radius 2 is 1.78 bits per heavy atom. The Balaban J connectivity index is 1.77. The summed E-state index contributed by atoms with van der Waals surface area (Å²) < 4.78 is 13.0. The number of anilines is 2. The van der Waals surface area contributed by atoms with E-state index in [4.69, 9.17) is 0 Å². The van der Waals surface area contributed by atoms with Crippen LogP contribution in [-0.2, 0) is 0 Å². The Morgan fingerprint density at radius 3 is 2.35 bits per heavy atom. The second-order valence-corrected chi connectivity index (χ2v) is 6.14. The lowest BCUT2D eigenvalue weighted by Gasteiger charge is -2.40. The molecule has 1 aliphatic rings. The van der Waals surface area contributed by atoms with Crippen molar-refractivity contribution in [3.63, 3.8) is 0 Å². The molecule has 6 heteroatoms. The molecule has 0 saturated carbocycles. The first-order chi connectivity index (χ1) is 11.0. The van der Waals surface area contributed by atoms with E-state index in [1.165, 1.54) is 12.3 Å². The molecule has 3 rings (SSSR count). The normalized spacial score (nSPS) is 18.4. The number of hydrogen-bond donors (Lipinski definition) is 0. The zero-order valence-electron chi connectivity index (χ0n) is 14.0. The SMILES string of the molecule is Cc1nc(N2CCN(c3ccc(F)cn3)C(C)C2)nc(C)c1C. The molecule has 1 fully saturated rings. The van der Waals surface area contributed by atoms with Crippen LogP contribution in [0.2, 0.25) is 0 Å². The lowest BCUT2D eigenvalue weighted by Crippen LogP contribution is -2.53. The van der Waals surface area contributed by atoms with Crippen molar-refractivity contribution in [1.82, 2.24) is 15.0 Å². The van der Waals surface area contributed by atoms with Crippen molar-refractivity contribution < 1.29 is 4.39 Å². The van der Waals surface area contributed by atoms with E-state index in [-0.39, 0.29) is 11.9 Å². The molecular weight excluding hydrogens is 293 g/mol. The Morgan fingerprint density at radius 1 is 1.09 bits per heavy atom. The maximum Gasteiger partial charge on any atom is 0.225 e. The summed E-state index contributed by atoms with van der Waals surface area (Å²) in [5.74, 6) is 1.30. The van der Waals surface area contributed by atoms with E-state index >= 15 is 0 Å². The van der Waals surface area contributed by atoms with Crippen LogP contribution in [0.25, 0.3) is 0 Å². The molecule has 2 aromatic rings. The number of halogens is 1. The van der Waals surface area contributed by atoms with E-state index < -0.39 is 0 Å². The van der Waals surface area contributed by atoms with Gasteiger partial charge in [0.05, 0.1) is 6.20 Å². The fourth-order valence-corrected chi connectivity index (χ4v) is 2.91. The maximum atomic E-state index is 13.0. The molecule has 1 aliphatic heterocycles. The number of pyridine rings is 1. The van der Waals surface area contributed by atoms with Gasteiger partial charge in [0.25, 0.3) is 0 Å². The van der Waals surface area contributed by atoms with Crippen molar-refractivity contribution in [2.24, 2.45) is 0 Å². The van der Waals surface area contributed by atoms with E-state index in [1.54, 1.807) is 6.07 Å². The van der Waals surface area contributed by atoms with Crippen molar-refractivity contribution >= 4 is 11.8 Å². The molecule has 1 saturated heterocycles. The van der Waals surface area contributed by atoms with E-state index in [9.17, 15) is 4.39 Å². The number of nitrogens with zero attached hydrogens (tertiary/aromatic N) is 5. The van der Waals surface area contributed by atoms with Crippen molar-refractivity contribution in [3.8, 4) is 0 Å². The Hall–Kier alpha value is -2.24. The minimum atomic E-state index is -0.306. The van der Waals surface area contributed by atoms with Crippen molar-refractivity contribution in [3.05, 3.63) is 41.1 Å². The van der Waals surface area contributed by atoms with Crippen LogP contribution in [0.15, 0.2) is 18.3 Å². The average Bonchev–Trinajstić information content (AvgIpc) is 2.53. The standard InChI is InChI=1S/C17H22FN5/c1-11-10-22(17-20-13(3)12(2)14(4)21-17)7-8-23(11)16-6-5-15(18)9-19-16/h5-6,9,11H,7-8,10H2,1-4H3. The molecule has 122 valence electrons. The molecule has 0 spiro atoms. The van der Waals surface area contributed by atoms with Crippen LogP contribution in [0.3, 0.4) is 0 Å². The van der Waals surface area contributed by atoms with Gasteiger partial charge in [0, 0.05) is 37.1 Å². The first kappa shape index (κ1) is 15.6. The molecule has 1 atom stereocenters. The second-order valence-electron chi connectivity index (χ2n) is 6.14. The van der Waals surface area contributed by atoms with Crippen LogP contribution in [0, 0.1) is 26.6 Å². The molecule has 23 heavy (non-hydrogen) atoms. The largest absolute Gasteiger partial charge is 0.350 e. The van der Waals surface area contributed by atoms with Gasteiger partial charge in [-0.05, 0) is 45.4 Å². The van der Waals surface area contributed by atoms with Gasteiger partial charge >= 0.3 is 0 Å². The molecule has 3 heterocycles. The molecule has 2 aromatic heterocycles. The zero-order valence-corrected chi connectivity index (χ0v) is 14.0. The Bertz CT molecular complexity index is 678. The van der Waals surface area contributed by atoms with Gasteiger partial charge in [0.15, 0.2) is 0 Å². The third kappa shape index (κ3) is 3.11. The fourth-order valence-electron chi connectivity index (χ4n) is 2.91. The molecule has 0 N–H and O–H groups in total. The lowest BCUT2D eigenvalue weighted by atomic mass is 10.2. The van der Waals surface area contributed by atoms with Crippen LogP contribution < -0.4 is 9.80 Å². The molecule has 0 aliphatic carbocycles. The van der Waals surface area contributed by atoms with Crippen LogP contribution in [-0.4, -0.2) is 40.6 Å². The van der Waals surface area contributed by atoms with Gasteiger partial charge in [0.1, 0.15) is 11.6 Å². The van der Waals surface area contributed by atoms with Gasteiger partial charge in [-0.25, -0.2) is 19.3 Å². The van der Waals surface area contributed by atoms with Gasteiger partial charge in [-0.15, -0.1) is 0 Å². The topological polar surface area (TPSA) is 45.2 Å². The van der Waals surface area contributed by atoms with E-state index in [2.05, 4.69) is 38.6 Å². The van der Waals surface area contributed by atoms with Gasteiger partial charge in [-0.1, -0.05) is 0 Å². The molecule has 0 aromatic carbocycles. The van der Waals surface area contributed by atoms with Crippen LogP contribution in [0.5, 0.6) is 0 Å². The highest BCUT2D eigenvalue weighted by Gasteiger charge is 2.26. The highest BCUT2D eigenvalue weighted by Crippen LogP contribution is 2.22. The first-order valence-corrected chi connectivity index (χ1v) is 7.90. The summed E-state index contributed by atoms with van der Waals surface area (Å²) in [4.78, 5) is 17.9. The minimum absolute atomic E-state index is 0.257. The third-order valence-corrected chi connectivity index (χ3v) is 4.54. The lowest BCUT2D eigenvalue weighted by molar-refractivity contribution is 0.536. The number of aromatic nitrogens is 3. The number of aryl methyl sites for hydroxylation is 2. The summed E-state index contributed by atoms with van der Waals surface area (Å²) in [6, 6.07) is 3.45. The van der Waals surface area contributed by atoms with E-state index in [0.29, 0.717) is 0 Å². The summed E-state index contributed by atoms with van der Waals surface area (Å²) in [6.07, 6.45) is 1.27.